The maximum absolute atomic E-state index is 4.35. The number of allylic oxidation sites excluding steroid dienone is 3. The number of benzene rings is 1. The summed E-state index contributed by atoms with van der Waals surface area (Å²) in [6, 6.07) is 8.77. The Hall–Kier alpha value is -2.10. The van der Waals surface area contributed by atoms with Crippen molar-refractivity contribution in [3.8, 4) is 0 Å². The molecule has 0 saturated carbocycles. The maximum atomic E-state index is 4.35. The van der Waals surface area contributed by atoms with Gasteiger partial charge in [0.15, 0.2) is 0 Å². The van der Waals surface area contributed by atoms with Crippen LogP contribution in [0.4, 0.5) is 0 Å². The van der Waals surface area contributed by atoms with Crippen LogP contribution in [-0.2, 0) is 14.1 Å². The van der Waals surface area contributed by atoms with Gasteiger partial charge in [-0.1, -0.05) is 48.8 Å². The molecule has 4 heteroatoms. The van der Waals surface area contributed by atoms with Crippen molar-refractivity contribution in [2.24, 2.45) is 14.1 Å². The van der Waals surface area contributed by atoms with Crippen molar-refractivity contribution in [1.29, 1.82) is 0 Å². The molecule has 2 aliphatic carbocycles. The third-order valence-corrected chi connectivity index (χ3v) is 4.74. The van der Waals surface area contributed by atoms with Gasteiger partial charge in [-0.3, -0.25) is 10.0 Å². The van der Waals surface area contributed by atoms with E-state index in [9.17, 15) is 0 Å². The summed E-state index contributed by atoms with van der Waals surface area (Å²) in [6.07, 6.45) is 9.12. The lowest BCUT2D eigenvalue weighted by atomic mass is 9.64. The van der Waals surface area contributed by atoms with E-state index < -0.39 is 0 Å². The highest BCUT2D eigenvalue weighted by Crippen LogP contribution is 2.42. The second-order valence-corrected chi connectivity index (χ2v) is 6.23. The quantitative estimate of drug-likeness (QED) is 0.612. The molecule has 0 fully saturated rings. The molecule has 3 nitrogen and oxygen atoms in total. The smallest absolute Gasteiger partial charge is 0.261 e. The summed E-state index contributed by atoms with van der Waals surface area (Å²) >= 11 is 0. The molecule has 22 heavy (non-hydrogen) atoms. The van der Waals surface area contributed by atoms with Crippen LogP contribution in [0.5, 0.6) is 0 Å². The molecule has 1 aromatic carbocycles. The van der Waals surface area contributed by atoms with Crippen molar-refractivity contribution in [3.63, 3.8) is 0 Å². The molecule has 0 aliphatic heterocycles. The molecule has 0 bridgehead atoms. The van der Waals surface area contributed by atoms with E-state index in [-0.39, 0.29) is 0 Å². The number of hydrogen-bond acceptors (Lipinski definition) is 1. The Morgan fingerprint density at radius 2 is 2.00 bits per heavy atom. The highest BCUT2D eigenvalue weighted by atomic mass is 15.3. The minimum Gasteiger partial charge on any atom is -0.282 e. The molecule has 2 aliphatic rings. The van der Waals surface area contributed by atoms with Gasteiger partial charge in [-0.15, -0.1) is 0 Å². The lowest BCUT2D eigenvalue weighted by molar-refractivity contribution is -0.654. The van der Waals surface area contributed by atoms with Gasteiger partial charge in [0.2, 0.25) is 0 Å². The summed E-state index contributed by atoms with van der Waals surface area (Å²) < 4.78 is 4.03. The molecule has 0 spiro atoms. The van der Waals surface area contributed by atoms with Crippen molar-refractivity contribution in [2.45, 2.75) is 25.7 Å². The Morgan fingerprint density at radius 1 is 1.18 bits per heavy atom. The van der Waals surface area contributed by atoms with Crippen LogP contribution in [0.1, 0.15) is 36.8 Å². The van der Waals surface area contributed by atoms with Crippen LogP contribution in [0.25, 0.3) is 11.6 Å². The molecule has 0 unspecified atom stereocenters. The van der Waals surface area contributed by atoms with Gasteiger partial charge >= 0.3 is 0 Å². The monoisotopic (exact) mass is 289 g/mol. The third kappa shape index (κ3) is 2.14. The first-order chi connectivity index (χ1) is 10.7. The van der Waals surface area contributed by atoms with Gasteiger partial charge in [-0.25, -0.2) is 0 Å². The number of hydrogen-bond donors (Lipinski definition) is 0. The Morgan fingerprint density at radius 3 is 2.82 bits per heavy atom. The standard InChI is InChI=1S/C18H20BN3/c1-21-12-20-22(2)18(21)19-16-10-6-4-8-14-11-13-7-3-5-9-15(13)17(14)16/h3,5,7,9,11-12H,4,6,8,10H2,1-2H3. The fraction of sp³-hybridized carbons (Fsp3) is 0.333. The van der Waals surface area contributed by atoms with E-state index in [1.807, 2.05) is 18.1 Å². The molecule has 2 aromatic rings. The van der Waals surface area contributed by atoms with Gasteiger partial charge in [0, 0.05) is 5.10 Å². The zero-order valence-corrected chi connectivity index (χ0v) is 13.2. The summed E-state index contributed by atoms with van der Waals surface area (Å²) in [4.78, 5) is 0. The van der Waals surface area contributed by atoms with Crippen molar-refractivity contribution in [2.75, 3.05) is 0 Å². The molecule has 1 aromatic heterocycles. The Kier molecular flexibility index (Phi) is 3.25. The summed E-state index contributed by atoms with van der Waals surface area (Å²) in [5.41, 5.74) is 8.34. The molecule has 110 valence electrons. The summed E-state index contributed by atoms with van der Waals surface area (Å²) in [7, 11) is 6.39. The van der Waals surface area contributed by atoms with E-state index in [1.165, 1.54) is 47.0 Å². The van der Waals surface area contributed by atoms with E-state index in [0.29, 0.717) is 0 Å². The van der Waals surface area contributed by atoms with E-state index in [0.717, 1.165) is 12.1 Å². The Balaban J connectivity index is 1.84. The van der Waals surface area contributed by atoms with E-state index in [1.54, 1.807) is 0 Å². The van der Waals surface area contributed by atoms with Crippen LogP contribution in [0, 0.1) is 0 Å². The molecule has 1 heterocycles. The predicted molar refractivity (Wildman–Crippen MR) is 89.6 cm³/mol. The second kappa shape index (κ2) is 5.27. The van der Waals surface area contributed by atoms with Crippen LogP contribution in [0.3, 0.4) is 0 Å². The van der Waals surface area contributed by atoms with Gasteiger partial charge < -0.3 is 0 Å². The highest BCUT2D eigenvalue weighted by molar-refractivity contribution is 6.60. The lowest BCUT2D eigenvalue weighted by Crippen LogP contribution is -2.50. The van der Waals surface area contributed by atoms with Crippen LogP contribution >= 0.6 is 0 Å². The summed E-state index contributed by atoms with van der Waals surface area (Å²) in [5.74, 6) is 0. The molecule has 4 rings (SSSR count). The molecule has 2 radical (unpaired) electrons. The molecule has 0 atom stereocenters. The fourth-order valence-electron chi connectivity index (χ4n) is 3.61. The van der Waals surface area contributed by atoms with Crippen molar-refractivity contribution in [1.82, 2.24) is 9.78 Å². The average Bonchev–Trinajstić information content (AvgIpc) is 2.96. The summed E-state index contributed by atoms with van der Waals surface area (Å²) in [6.45, 7) is 0. The maximum Gasteiger partial charge on any atom is 0.261 e. The van der Waals surface area contributed by atoms with E-state index in [4.69, 9.17) is 0 Å². The second-order valence-electron chi connectivity index (χ2n) is 6.23. The number of fused-ring (bicyclic) bond motifs is 3. The lowest BCUT2D eigenvalue weighted by Gasteiger charge is -2.23. The number of nitrogens with zero attached hydrogens (tertiary/aromatic N) is 3. The Bertz CT molecular complexity index is 779. The Labute approximate surface area is 132 Å². The topological polar surface area (TPSA) is 21.7 Å². The van der Waals surface area contributed by atoms with Crippen LogP contribution in [0.2, 0.25) is 0 Å². The number of rotatable bonds is 2. The van der Waals surface area contributed by atoms with E-state index in [2.05, 4.69) is 54.3 Å². The van der Waals surface area contributed by atoms with Crippen LogP contribution < -0.4 is 10.3 Å². The first kappa shape index (κ1) is 13.6. The van der Waals surface area contributed by atoms with Crippen molar-refractivity contribution < 1.29 is 4.57 Å². The van der Waals surface area contributed by atoms with Crippen molar-refractivity contribution in [3.05, 3.63) is 52.8 Å². The van der Waals surface area contributed by atoms with Gasteiger partial charge in [-0.2, -0.15) is 12.0 Å². The normalized spacial score (nSPS) is 17.1. The average molecular weight is 289 g/mol. The van der Waals surface area contributed by atoms with Crippen LogP contribution in [0.15, 0.2) is 41.6 Å². The van der Waals surface area contributed by atoms with Gasteiger partial charge in [0.05, 0.1) is 14.1 Å². The van der Waals surface area contributed by atoms with E-state index >= 15 is 0 Å². The highest BCUT2D eigenvalue weighted by Gasteiger charge is 2.20. The molecule has 0 amide bonds. The zero-order valence-electron chi connectivity index (χ0n) is 13.2. The third-order valence-electron chi connectivity index (χ3n) is 4.74. The van der Waals surface area contributed by atoms with Gasteiger partial charge in [0.25, 0.3) is 6.33 Å². The molecular formula is C18H20BN3. The molecule has 0 saturated heterocycles. The SMILES string of the molecule is Cn1nc[n+](C)c1[B-]C1=C2C(=Cc3ccccc32)CCCC1. The first-order valence-electron chi connectivity index (χ1n) is 8.00. The van der Waals surface area contributed by atoms with Crippen molar-refractivity contribution >= 4 is 24.7 Å². The largest absolute Gasteiger partial charge is 0.282 e. The summed E-state index contributed by atoms with van der Waals surface area (Å²) in [5, 5.41) is 4.35. The van der Waals surface area contributed by atoms with Gasteiger partial charge in [-0.05, 0) is 35.3 Å². The molecular weight excluding hydrogens is 269 g/mol. The molecule has 0 N–H and O–H groups in total. The number of aryl methyl sites for hydroxylation is 2. The number of aromatic nitrogens is 3. The fourth-order valence-corrected chi connectivity index (χ4v) is 3.61. The predicted octanol–water partition coefficient (Wildman–Crippen LogP) is 1.96. The zero-order chi connectivity index (χ0) is 15.1. The minimum atomic E-state index is 1.15. The first-order valence-corrected chi connectivity index (χ1v) is 8.00. The van der Waals surface area contributed by atoms with Crippen LogP contribution in [-0.4, -0.2) is 17.1 Å². The minimum absolute atomic E-state index is 1.15. The van der Waals surface area contributed by atoms with Gasteiger partial charge in [0.1, 0.15) is 0 Å².